The average molecular weight is 512 g/mol. The first-order valence-electron chi connectivity index (χ1n) is 13.6. The predicted molar refractivity (Wildman–Crippen MR) is 167 cm³/mol. The Morgan fingerprint density at radius 3 is 1.82 bits per heavy atom. The van der Waals surface area contributed by atoms with E-state index in [1.165, 1.54) is 49.4 Å². The fourth-order valence-electron chi connectivity index (χ4n) is 5.84. The van der Waals surface area contributed by atoms with E-state index in [1.54, 1.807) is 0 Å². The molecule has 0 unspecified atom stereocenters. The topological polar surface area (TPSA) is 30.2 Å². The van der Waals surface area contributed by atoms with Gasteiger partial charge in [0.05, 0.1) is 5.52 Å². The monoisotopic (exact) mass is 511 g/mol. The van der Waals surface area contributed by atoms with Crippen molar-refractivity contribution in [3.8, 4) is 33.6 Å². The van der Waals surface area contributed by atoms with Gasteiger partial charge in [-0.05, 0) is 63.5 Å². The van der Waals surface area contributed by atoms with E-state index in [9.17, 15) is 0 Å². The van der Waals surface area contributed by atoms with Crippen molar-refractivity contribution in [1.29, 1.82) is 0 Å². The summed E-state index contributed by atoms with van der Waals surface area (Å²) in [5.41, 5.74) is 9.09. The molecule has 0 saturated heterocycles. The number of aromatic nitrogens is 3. The van der Waals surface area contributed by atoms with Crippen LogP contribution < -0.4 is 0 Å². The van der Waals surface area contributed by atoms with Gasteiger partial charge in [0.1, 0.15) is 0 Å². The van der Waals surface area contributed by atoms with E-state index < -0.39 is 0 Å². The Morgan fingerprint density at radius 2 is 1.05 bits per heavy atom. The molecule has 8 aromatic rings. The number of hydrogen-bond acceptors (Lipinski definition) is 2. The highest BCUT2D eigenvalue weighted by Crippen LogP contribution is 2.35. The highest BCUT2D eigenvalue weighted by Gasteiger charge is 2.16. The second-order valence-electron chi connectivity index (χ2n) is 10.5. The van der Waals surface area contributed by atoms with Crippen LogP contribution in [-0.4, -0.2) is 14.6 Å². The average Bonchev–Trinajstić information content (AvgIpc) is 3.47. The summed E-state index contributed by atoms with van der Waals surface area (Å²) in [6.45, 7) is 2.10. The molecule has 0 fully saturated rings. The molecule has 8 rings (SSSR count). The van der Waals surface area contributed by atoms with Crippen LogP contribution in [0.2, 0.25) is 0 Å². The molecule has 2 heterocycles. The highest BCUT2D eigenvalue weighted by molar-refractivity contribution is 6.13. The molecule has 3 heteroatoms. The molecule has 40 heavy (non-hydrogen) atoms. The molecular weight excluding hydrogens is 486 g/mol. The number of fused-ring (bicyclic) bond motifs is 7. The number of nitrogens with zero attached hydrogens (tertiary/aromatic N) is 3. The molecule has 2 aromatic heterocycles. The predicted octanol–water partition coefficient (Wildman–Crippen LogP) is 9.50. The summed E-state index contributed by atoms with van der Waals surface area (Å²) < 4.78 is 2.20. The van der Waals surface area contributed by atoms with E-state index in [2.05, 4.69) is 155 Å². The molecule has 0 atom stereocenters. The maximum atomic E-state index is 4.65. The third-order valence-corrected chi connectivity index (χ3v) is 7.97. The summed E-state index contributed by atoms with van der Waals surface area (Å²) in [5, 5.41) is 15.3. The lowest BCUT2D eigenvalue weighted by Gasteiger charge is -2.12. The number of benzene rings is 6. The normalized spacial score (nSPS) is 11.6. The maximum Gasteiger partial charge on any atom is 0.169 e. The van der Waals surface area contributed by atoms with Gasteiger partial charge in [-0.15, -0.1) is 10.2 Å². The minimum atomic E-state index is 0.859. The quantitative estimate of drug-likeness (QED) is 0.221. The Bertz CT molecular complexity index is 2200. The summed E-state index contributed by atoms with van der Waals surface area (Å²) in [5.74, 6) is 0.859. The Balaban J connectivity index is 1.28. The van der Waals surface area contributed by atoms with Crippen molar-refractivity contribution >= 4 is 38.1 Å². The molecule has 0 aliphatic carbocycles. The zero-order chi connectivity index (χ0) is 26.6. The van der Waals surface area contributed by atoms with Crippen LogP contribution in [0.25, 0.3) is 71.7 Å². The number of hydrogen-bond donors (Lipinski definition) is 0. The van der Waals surface area contributed by atoms with Gasteiger partial charge >= 0.3 is 0 Å². The zero-order valence-electron chi connectivity index (χ0n) is 22.0. The van der Waals surface area contributed by atoms with Crippen molar-refractivity contribution in [2.45, 2.75) is 6.92 Å². The molecule has 0 spiro atoms. The molecule has 0 aliphatic heterocycles. The lowest BCUT2D eigenvalue weighted by Crippen LogP contribution is -1.95. The van der Waals surface area contributed by atoms with Gasteiger partial charge in [0.2, 0.25) is 0 Å². The van der Waals surface area contributed by atoms with E-state index in [0.717, 1.165) is 27.9 Å². The third kappa shape index (κ3) is 3.59. The highest BCUT2D eigenvalue weighted by atomic mass is 15.2. The van der Waals surface area contributed by atoms with Crippen LogP contribution in [0, 0.1) is 6.92 Å². The summed E-state index contributed by atoms with van der Waals surface area (Å²) in [6.07, 6.45) is 0. The van der Waals surface area contributed by atoms with Gasteiger partial charge in [0, 0.05) is 16.3 Å². The van der Waals surface area contributed by atoms with Gasteiger partial charge in [-0.25, -0.2) is 0 Å². The number of pyridine rings is 1. The van der Waals surface area contributed by atoms with Crippen LogP contribution in [0.1, 0.15) is 5.56 Å². The fourth-order valence-corrected chi connectivity index (χ4v) is 5.84. The van der Waals surface area contributed by atoms with E-state index in [0.29, 0.717) is 0 Å². The Labute approximate surface area is 232 Å². The van der Waals surface area contributed by atoms with Crippen LogP contribution in [0.5, 0.6) is 0 Å². The molecule has 0 aliphatic rings. The molecule has 6 aromatic carbocycles. The fraction of sp³-hybridized carbons (Fsp3) is 0.0270. The number of rotatable bonds is 3. The molecule has 3 nitrogen and oxygen atoms in total. The van der Waals surface area contributed by atoms with Crippen molar-refractivity contribution in [1.82, 2.24) is 14.6 Å². The summed E-state index contributed by atoms with van der Waals surface area (Å²) in [7, 11) is 0. The lowest BCUT2D eigenvalue weighted by molar-refractivity contribution is 1.12. The van der Waals surface area contributed by atoms with Crippen molar-refractivity contribution in [2.24, 2.45) is 0 Å². The first kappa shape index (κ1) is 22.7. The molecule has 0 amide bonds. The molecule has 188 valence electrons. The van der Waals surface area contributed by atoms with Crippen LogP contribution in [-0.2, 0) is 0 Å². The summed E-state index contributed by atoms with van der Waals surface area (Å²) >= 11 is 0. The largest absolute Gasteiger partial charge is 0.274 e. The van der Waals surface area contributed by atoms with Crippen molar-refractivity contribution in [3.05, 3.63) is 139 Å². The second kappa shape index (κ2) is 8.89. The third-order valence-electron chi connectivity index (χ3n) is 7.97. The van der Waals surface area contributed by atoms with Gasteiger partial charge in [0.15, 0.2) is 11.5 Å². The van der Waals surface area contributed by atoms with Gasteiger partial charge in [-0.1, -0.05) is 121 Å². The SMILES string of the molecule is Cc1ccc(-c2nnc3c4ccccc4c4cc(-c5ccc(-c6ccc7ccccc7c6)cc5)ccc4n23)cc1. The van der Waals surface area contributed by atoms with Crippen LogP contribution in [0.3, 0.4) is 0 Å². The van der Waals surface area contributed by atoms with E-state index in [-0.39, 0.29) is 0 Å². The molecule has 0 N–H and O–H groups in total. The summed E-state index contributed by atoms with van der Waals surface area (Å²) in [4.78, 5) is 0. The Hall–Kier alpha value is -5.28. The van der Waals surface area contributed by atoms with Crippen molar-refractivity contribution in [3.63, 3.8) is 0 Å². The van der Waals surface area contributed by atoms with E-state index >= 15 is 0 Å². The first-order chi connectivity index (χ1) is 19.7. The maximum absolute atomic E-state index is 4.65. The van der Waals surface area contributed by atoms with E-state index in [4.69, 9.17) is 0 Å². The van der Waals surface area contributed by atoms with Crippen molar-refractivity contribution < 1.29 is 0 Å². The van der Waals surface area contributed by atoms with E-state index in [1.807, 2.05) is 0 Å². The standard InChI is InChI=1S/C37H25N3/c1-24-10-12-28(13-11-24)36-38-39-37-33-9-5-4-8-32(33)34-23-31(20-21-35(34)40(36)37)27-16-14-26(15-17-27)30-19-18-25-6-2-3-7-29(25)22-30/h2-23H,1H3. The van der Waals surface area contributed by atoms with Gasteiger partial charge in [0.25, 0.3) is 0 Å². The second-order valence-corrected chi connectivity index (χ2v) is 10.5. The summed E-state index contributed by atoms with van der Waals surface area (Å²) in [6, 6.07) is 47.8. The van der Waals surface area contributed by atoms with Crippen LogP contribution in [0.4, 0.5) is 0 Å². The van der Waals surface area contributed by atoms with Crippen molar-refractivity contribution in [2.75, 3.05) is 0 Å². The van der Waals surface area contributed by atoms with Crippen LogP contribution in [0.15, 0.2) is 133 Å². The van der Waals surface area contributed by atoms with Gasteiger partial charge in [-0.2, -0.15) is 0 Å². The Morgan fingerprint density at radius 1 is 0.450 bits per heavy atom. The molecule has 0 bridgehead atoms. The zero-order valence-corrected chi connectivity index (χ0v) is 22.0. The molecular formula is C37H25N3. The Kier molecular flexibility index (Phi) is 5.04. The lowest BCUT2D eigenvalue weighted by atomic mass is 9.96. The number of aryl methyl sites for hydroxylation is 1. The minimum absolute atomic E-state index is 0.859. The van der Waals surface area contributed by atoms with Gasteiger partial charge < -0.3 is 0 Å². The smallest absolute Gasteiger partial charge is 0.169 e. The minimum Gasteiger partial charge on any atom is -0.274 e. The van der Waals surface area contributed by atoms with Gasteiger partial charge in [-0.3, -0.25) is 4.40 Å². The molecule has 0 radical (unpaired) electrons. The molecule has 0 saturated carbocycles. The van der Waals surface area contributed by atoms with Crippen LogP contribution >= 0.6 is 0 Å². The first-order valence-corrected chi connectivity index (χ1v) is 13.6.